The van der Waals surface area contributed by atoms with Gasteiger partial charge in [-0.15, -0.1) is 0 Å². The van der Waals surface area contributed by atoms with E-state index in [1.807, 2.05) is 18.2 Å². The molecule has 0 aliphatic heterocycles. The molecule has 10 nitrogen and oxygen atoms in total. The van der Waals surface area contributed by atoms with Crippen molar-refractivity contribution in [1.29, 1.82) is 0 Å². The van der Waals surface area contributed by atoms with Crippen LogP contribution in [0.4, 0.5) is 11.5 Å². The van der Waals surface area contributed by atoms with Crippen LogP contribution < -0.4 is 16.2 Å². The number of hydrogen-bond acceptors (Lipinski definition) is 6. The van der Waals surface area contributed by atoms with Crippen LogP contribution in [0.1, 0.15) is 11.6 Å². The predicted octanol–water partition coefficient (Wildman–Crippen LogP) is 4.35. The molecule has 0 radical (unpaired) electrons. The lowest BCUT2D eigenvalue weighted by Crippen LogP contribution is -2.26. The van der Waals surface area contributed by atoms with Crippen molar-refractivity contribution in [2.24, 2.45) is 5.14 Å². The maximum atomic E-state index is 13.8. The van der Waals surface area contributed by atoms with Gasteiger partial charge in [0, 0.05) is 33.6 Å². The average Bonchev–Trinajstić information content (AvgIpc) is 3.47. The largest absolute Gasteiger partial charge is 0.494 e. The lowest BCUT2D eigenvalue weighted by Gasteiger charge is -2.20. The Kier molecular flexibility index (Phi) is 6.01. The second kappa shape index (κ2) is 9.56. The molecule has 200 valence electrons. The van der Waals surface area contributed by atoms with E-state index in [1.54, 1.807) is 72.9 Å². The van der Waals surface area contributed by atoms with Crippen LogP contribution in [0.5, 0.6) is 5.88 Å². The standard InChI is InChI=1S/C29H24N6O4S/c30-27-23-15-20(11-13-24(23)33-34-27)32-28(36)26(17-6-2-1-3-7-17)35-16-19-14-18(10-12-22(19)29(35)37)21-8-4-5-9-25(21)40(31,38)39/h1-16,26,37H,(H,32,36)(H3,30,33,34)(H2,31,38,39). The Hall–Kier alpha value is -5.13. The number of nitrogen functional groups attached to an aromatic ring is 1. The molecule has 0 fully saturated rings. The van der Waals surface area contributed by atoms with Crippen molar-refractivity contribution in [3.8, 4) is 17.0 Å². The van der Waals surface area contributed by atoms with E-state index in [4.69, 9.17) is 10.9 Å². The molecular weight excluding hydrogens is 528 g/mol. The van der Waals surface area contributed by atoms with E-state index < -0.39 is 16.1 Å². The van der Waals surface area contributed by atoms with Crippen LogP contribution in [-0.2, 0) is 14.8 Å². The summed E-state index contributed by atoms with van der Waals surface area (Å²) in [6.07, 6.45) is 1.67. The van der Waals surface area contributed by atoms with Crippen molar-refractivity contribution >= 4 is 49.1 Å². The molecule has 40 heavy (non-hydrogen) atoms. The number of benzene rings is 4. The number of rotatable bonds is 6. The first-order valence-electron chi connectivity index (χ1n) is 12.3. The highest BCUT2D eigenvalue weighted by molar-refractivity contribution is 7.89. The average molecular weight is 553 g/mol. The van der Waals surface area contributed by atoms with Crippen LogP contribution in [0, 0.1) is 0 Å². The maximum absolute atomic E-state index is 13.8. The summed E-state index contributed by atoms with van der Waals surface area (Å²) in [5, 5.41) is 28.2. The zero-order valence-corrected chi connectivity index (χ0v) is 21.8. The van der Waals surface area contributed by atoms with Crippen LogP contribution in [0.3, 0.4) is 0 Å². The minimum Gasteiger partial charge on any atom is -0.494 e. The topological polar surface area (TPSA) is 169 Å². The number of aromatic hydroxyl groups is 1. The van der Waals surface area contributed by atoms with Gasteiger partial charge in [-0.3, -0.25) is 9.89 Å². The van der Waals surface area contributed by atoms with Gasteiger partial charge in [-0.1, -0.05) is 54.6 Å². The van der Waals surface area contributed by atoms with E-state index in [0.29, 0.717) is 44.4 Å². The molecule has 1 atom stereocenters. The van der Waals surface area contributed by atoms with Gasteiger partial charge in [-0.25, -0.2) is 13.6 Å². The third-order valence-electron chi connectivity index (χ3n) is 6.82. The van der Waals surface area contributed by atoms with Crippen molar-refractivity contribution in [1.82, 2.24) is 14.8 Å². The quantitative estimate of drug-likeness (QED) is 0.206. The summed E-state index contributed by atoms with van der Waals surface area (Å²) in [4.78, 5) is 13.8. The number of amides is 1. The number of carbonyl (C=O) groups is 1. The minimum atomic E-state index is -3.96. The number of carbonyl (C=O) groups excluding carboxylic acids is 1. The number of nitrogens with zero attached hydrogens (tertiary/aromatic N) is 2. The predicted molar refractivity (Wildman–Crippen MR) is 154 cm³/mol. The minimum absolute atomic E-state index is 0.00484. The number of sulfonamides is 1. The zero-order valence-electron chi connectivity index (χ0n) is 20.9. The highest BCUT2D eigenvalue weighted by atomic mass is 32.2. The third-order valence-corrected chi connectivity index (χ3v) is 7.79. The van der Waals surface area contributed by atoms with Gasteiger partial charge in [0.2, 0.25) is 10.0 Å². The van der Waals surface area contributed by atoms with E-state index in [0.717, 1.165) is 5.52 Å². The van der Waals surface area contributed by atoms with Gasteiger partial charge >= 0.3 is 0 Å². The van der Waals surface area contributed by atoms with Crippen LogP contribution >= 0.6 is 0 Å². The van der Waals surface area contributed by atoms with E-state index in [-0.39, 0.29) is 16.7 Å². The smallest absolute Gasteiger partial charge is 0.252 e. The molecule has 0 bridgehead atoms. The monoisotopic (exact) mass is 552 g/mol. The summed E-state index contributed by atoms with van der Waals surface area (Å²) < 4.78 is 25.8. The molecule has 6 aromatic rings. The number of hydrogen-bond donors (Lipinski definition) is 5. The van der Waals surface area contributed by atoms with Crippen LogP contribution in [-0.4, -0.2) is 34.2 Å². The molecule has 0 aliphatic carbocycles. The fraction of sp³-hybridized carbons (Fsp3) is 0.0345. The fourth-order valence-corrected chi connectivity index (χ4v) is 5.70. The number of primary sulfonamides is 1. The molecule has 0 saturated heterocycles. The zero-order chi connectivity index (χ0) is 28.0. The van der Waals surface area contributed by atoms with E-state index in [2.05, 4.69) is 15.5 Å². The van der Waals surface area contributed by atoms with E-state index in [1.165, 1.54) is 10.6 Å². The number of aromatic nitrogens is 3. The summed E-state index contributed by atoms with van der Waals surface area (Å²) in [5.74, 6) is -0.178. The van der Waals surface area contributed by atoms with Gasteiger partial charge in [0.15, 0.2) is 11.7 Å². The molecule has 6 rings (SSSR count). The van der Waals surface area contributed by atoms with Gasteiger partial charge in [-0.05, 0) is 47.5 Å². The fourth-order valence-electron chi connectivity index (χ4n) is 4.94. The number of aromatic amines is 1. The molecule has 2 aromatic heterocycles. The Morgan fingerprint density at radius 2 is 1.70 bits per heavy atom. The lowest BCUT2D eigenvalue weighted by molar-refractivity contribution is -0.118. The van der Waals surface area contributed by atoms with Crippen molar-refractivity contribution in [3.05, 3.63) is 103 Å². The first kappa shape index (κ1) is 25.2. The van der Waals surface area contributed by atoms with Gasteiger partial charge < -0.3 is 20.7 Å². The van der Waals surface area contributed by atoms with Crippen molar-refractivity contribution in [3.63, 3.8) is 0 Å². The van der Waals surface area contributed by atoms with Crippen molar-refractivity contribution in [2.45, 2.75) is 10.9 Å². The Morgan fingerprint density at radius 1 is 0.950 bits per heavy atom. The summed E-state index contributed by atoms with van der Waals surface area (Å²) in [6, 6.07) is 25.0. The maximum Gasteiger partial charge on any atom is 0.252 e. The molecule has 2 heterocycles. The number of nitrogens with one attached hydrogen (secondary N) is 2. The lowest BCUT2D eigenvalue weighted by atomic mass is 10.0. The van der Waals surface area contributed by atoms with Crippen LogP contribution in [0.15, 0.2) is 102 Å². The van der Waals surface area contributed by atoms with E-state index >= 15 is 0 Å². The Balaban J connectivity index is 1.44. The van der Waals surface area contributed by atoms with E-state index in [9.17, 15) is 18.3 Å². The molecule has 1 unspecified atom stereocenters. The molecule has 0 saturated carbocycles. The summed E-state index contributed by atoms with van der Waals surface area (Å²) in [6.45, 7) is 0. The first-order valence-corrected chi connectivity index (χ1v) is 13.8. The summed E-state index contributed by atoms with van der Waals surface area (Å²) in [5.41, 5.74) is 8.88. The molecule has 0 aliphatic rings. The van der Waals surface area contributed by atoms with Crippen LogP contribution in [0.2, 0.25) is 0 Å². The van der Waals surface area contributed by atoms with Gasteiger partial charge in [0.05, 0.1) is 10.4 Å². The molecule has 0 spiro atoms. The second-order valence-electron chi connectivity index (χ2n) is 9.37. The Bertz CT molecular complexity index is 2020. The summed E-state index contributed by atoms with van der Waals surface area (Å²) >= 11 is 0. The highest BCUT2D eigenvalue weighted by Gasteiger charge is 2.27. The number of anilines is 2. The van der Waals surface area contributed by atoms with Crippen molar-refractivity contribution < 1.29 is 18.3 Å². The third kappa shape index (κ3) is 4.42. The van der Waals surface area contributed by atoms with Crippen molar-refractivity contribution in [2.75, 3.05) is 11.1 Å². The molecule has 1 amide bonds. The molecule has 7 N–H and O–H groups in total. The molecular formula is C29H24N6O4S. The molecule has 11 heteroatoms. The number of nitrogens with two attached hydrogens (primary N) is 2. The molecule has 4 aromatic carbocycles. The highest BCUT2D eigenvalue weighted by Crippen LogP contribution is 2.37. The Labute approximate surface area is 228 Å². The van der Waals surface area contributed by atoms with Crippen LogP contribution in [0.25, 0.3) is 32.8 Å². The van der Waals surface area contributed by atoms with Gasteiger partial charge in [0.25, 0.3) is 5.91 Å². The number of H-pyrrole nitrogens is 1. The number of fused-ring (bicyclic) bond motifs is 2. The Morgan fingerprint density at radius 3 is 2.48 bits per heavy atom. The second-order valence-corrected chi connectivity index (χ2v) is 10.9. The SMILES string of the molecule is Nc1n[nH]c2ccc(NC(=O)C(c3ccccc3)n3cc4cc(-c5ccccc5S(N)(=O)=O)ccc4c3O)cc12. The van der Waals surface area contributed by atoms with Gasteiger partial charge in [0.1, 0.15) is 6.04 Å². The summed E-state index contributed by atoms with van der Waals surface area (Å²) in [7, 11) is -3.96. The first-order chi connectivity index (χ1) is 19.2. The normalized spacial score (nSPS) is 12.5. The van der Waals surface area contributed by atoms with Gasteiger partial charge in [-0.2, -0.15) is 5.10 Å².